The molecule has 1 N–H and O–H groups in total. The van der Waals surface area contributed by atoms with E-state index in [9.17, 15) is 9.59 Å². The van der Waals surface area contributed by atoms with Crippen molar-refractivity contribution in [2.75, 3.05) is 44.6 Å². The molecule has 1 heterocycles. The SMILES string of the molecule is CCOC(=O)/C=C/c1ccc(NC(=O)N2CCN(CCc3ccccc3)CC2)cc1. The van der Waals surface area contributed by atoms with Gasteiger partial charge in [0.25, 0.3) is 0 Å². The van der Waals surface area contributed by atoms with E-state index in [1.165, 1.54) is 11.6 Å². The summed E-state index contributed by atoms with van der Waals surface area (Å²) in [6.45, 7) is 6.36. The van der Waals surface area contributed by atoms with Gasteiger partial charge in [-0.15, -0.1) is 0 Å². The van der Waals surface area contributed by atoms with Crippen molar-refractivity contribution in [2.45, 2.75) is 13.3 Å². The molecule has 0 unspecified atom stereocenters. The summed E-state index contributed by atoms with van der Waals surface area (Å²) in [6.07, 6.45) is 4.12. The van der Waals surface area contributed by atoms with E-state index in [0.717, 1.165) is 50.4 Å². The lowest BCUT2D eigenvalue weighted by atomic mass is 10.1. The number of urea groups is 1. The molecule has 0 aliphatic carbocycles. The van der Waals surface area contributed by atoms with E-state index < -0.39 is 0 Å². The minimum atomic E-state index is -0.363. The summed E-state index contributed by atoms with van der Waals surface area (Å²) in [4.78, 5) is 28.2. The molecule has 1 aliphatic heterocycles. The van der Waals surface area contributed by atoms with E-state index in [1.54, 1.807) is 13.0 Å². The maximum Gasteiger partial charge on any atom is 0.330 e. The van der Waals surface area contributed by atoms with Gasteiger partial charge in [0.2, 0.25) is 0 Å². The van der Waals surface area contributed by atoms with Gasteiger partial charge in [-0.3, -0.25) is 4.90 Å². The lowest BCUT2D eigenvalue weighted by molar-refractivity contribution is -0.137. The van der Waals surface area contributed by atoms with Crippen LogP contribution in [0.4, 0.5) is 10.5 Å². The first kappa shape index (κ1) is 21.6. The fraction of sp³-hybridized carbons (Fsp3) is 0.333. The average Bonchev–Trinajstić information content (AvgIpc) is 2.78. The predicted octanol–water partition coefficient (Wildman–Crippen LogP) is 3.66. The van der Waals surface area contributed by atoms with Gasteiger partial charge in [-0.2, -0.15) is 0 Å². The molecule has 1 saturated heterocycles. The van der Waals surface area contributed by atoms with Crippen LogP contribution in [0.15, 0.2) is 60.7 Å². The molecule has 0 aromatic heterocycles. The number of nitrogens with one attached hydrogen (secondary N) is 1. The Morgan fingerprint density at radius 3 is 2.37 bits per heavy atom. The van der Waals surface area contributed by atoms with Gasteiger partial charge in [0.15, 0.2) is 0 Å². The number of nitrogens with zero attached hydrogens (tertiary/aromatic N) is 2. The first-order valence-electron chi connectivity index (χ1n) is 10.4. The second kappa shape index (κ2) is 11.2. The molecule has 0 atom stereocenters. The largest absolute Gasteiger partial charge is 0.463 e. The molecule has 0 spiro atoms. The molecule has 1 fully saturated rings. The Bertz CT molecular complexity index is 842. The molecule has 6 heteroatoms. The zero-order valence-corrected chi connectivity index (χ0v) is 17.4. The highest BCUT2D eigenvalue weighted by Gasteiger charge is 2.20. The zero-order chi connectivity index (χ0) is 21.2. The van der Waals surface area contributed by atoms with Crippen LogP contribution in [0.3, 0.4) is 0 Å². The molecular formula is C24H29N3O3. The van der Waals surface area contributed by atoms with Crippen molar-refractivity contribution in [1.82, 2.24) is 9.80 Å². The van der Waals surface area contributed by atoms with Crippen molar-refractivity contribution in [1.29, 1.82) is 0 Å². The van der Waals surface area contributed by atoms with Crippen LogP contribution in [0.1, 0.15) is 18.1 Å². The Labute approximate surface area is 178 Å². The van der Waals surface area contributed by atoms with Crippen molar-refractivity contribution < 1.29 is 14.3 Å². The van der Waals surface area contributed by atoms with Crippen LogP contribution in [-0.4, -0.2) is 61.1 Å². The number of anilines is 1. The van der Waals surface area contributed by atoms with E-state index in [2.05, 4.69) is 34.5 Å². The number of esters is 1. The summed E-state index contributed by atoms with van der Waals surface area (Å²) in [5.74, 6) is -0.363. The number of carbonyl (C=O) groups is 2. The maximum absolute atomic E-state index is 12.5. The van der Waals surface area contributed by atoms with E-state index in [0.29, 0.717) is 6.61 Å². The molecule has 3 rings (SSSR count). The van der Waals surface area contributed by atoms with E-state index in [4.69, 9.17) is 4.74 Å². The third-order valence-corrected chi connectivity index (χ3v) is 5.08. The number of rotatable bonds is 7. The third kappa shape index (κ3) is 6.74. The fourth-order valence-corrected chi connectivity index (χ4v) is 3.34. The van der Waals surface area contributed by atoms with Gasteiger partial charge in [0.05, 0.1) is 6.61 Å². The fourth-order valence-electron chi connectivity index (χ4n) is 3.34. The summed E-state index contributed by atoms with van der Waals surface area (Å²) < 4.78 is 4.86. The summed E-state index contributed by atoms with van der Waals surface area (Å²) in [7, 11) is 0. The molecular weight excluding hydrogens is 378 g/mol. The minimum Gasteiger partial charge on any atom is -0.463 e. The lowest BCUT2D eigenvalue weighted by Crippen LogP contribution is -2.50. The molecule has 6 nitrogen and oxygen atoms in total. The molecule has 2 aromatic carbocycles. The second-order valence-corrected chi connectivity index (χ2v) is 7.20. The standard InChI is InChI=1S/C24H29N3O3/c1-2-30-23(28)13-10-21-8-11-22(12-9-21)25-24(29)27-18-16-26(17-19-27)15-14-20-6-4-3-5-7-20/h3-13H,2,14-19H2,1H3,(H,25,29)/b13-10+. The molecule has 0 saturated carbocycles. The number of benzene rings is 2. The third-order valence-electron chi connectivity index (χ3n) is 5.08. The molecule has 0 radical (unpaired) electrons. The molecule has 158 valence electrons. The number of carbonyl (C=O) groups excluding carboxylic acids is 2. The highest BCUT2D eigenvalue weighted by Crippen LogP contribution is 2.13. The van der Waals surface area contributed by atoms with Crippen molar-refractivity contribution in [3.8, 4) is 0 Å². The van der Waals surface area contributed by atoms with Gasteiger partial charge in [0, 0.05) is 44.5 Å². The monoisotopic (exact) mass is 407 g/mol. The van der Waals surface area contributed by atoms with Crippen LogP contribution in [0, 0.1) is 0 Å². The van der Waals surface area contributed by atoms with Crippen molar-refractivity contribution in [3.63, 3.8) is 0 Å². The summed E-state index contributed by atoms with van der Waals surface area (Å²) in [5, 5.41) is 2.95. The predicted molar refractivity (Wildman–Crippen MR) is 119 cm³/mol. The highest BCUT2D eigenvalue weighted by molar-refractivity contribution is 5.90. The first-order valence-corrected chi connectivity index (χ1v) is 10.4. The quantitative estimate of drug-likeness (QED) is 0.562. The normalized spacial score (nSPS) is 14.6. The minimum absolute atomic E-state index is 0.0764. The molecule has 2 amide bonds. The highest BCUT2D eigenvalue weighted by atomic mass is 16.5. The smallest absolute Gasteiger partial charge is 0.330 e. The Kier molecular flexibility index (Phi) is 8.03. The summed E-state index contributed by atoms with van der Waals surface area (Å²) >= 11 is 0. The van der Waals surface area contributed by atoms with Crippen LogP contribution in [0.5, 0.6) is 0 Å². The van der Waals surface area contributed by atoms with E-state index in [1.807, 2.05) is 35.2 Å². The van der Waals surface area contributed by atoms with Gasteiger partial charge < -0.3 is 15.0 Å². The number of amides is 2. The number of hydrogen-bond donors (Lipinski definition) is 1. The van der Waals surface area contributed by atoms with Crippen LogP contribution in [0.25, 0.3) is 6.08 Å². The Balaban J connectivity index is 1.41. The zero-order valence-electron chi connectivity index (χ0n) is 17.4. The number of piperazine rings is 1. The van der Waals surface area contributed by atoms with Crippen molar-refractivity contribution >= 4 is 23.8 Å². The maximum atomic E-state index is 12.5. The van der Waals surface area contributed by atoms with Gasteiger partial charge >= 0.3 is 12.0 Å². The lowest BCUT2D eigenvalue weighted by Gasteiger charge is -2.34. The van der Waals surface area contributed by atoms with Crippen LogP contribution in [0.2, 0.25) is 0 Å². The summed E-state index contributed by atoms with van der Waals surface area (Å²) in [5.41, 5.74) is 2.95. The average molecular weight is 408 g/mol. The van der Waals surface area contributed by atoms with Gasteiger partial charge in [-0.25, -0.2) is 9.59 Å². The van der Waals surface area contributed by atoms with Crippen LogP contribution >= 0.6 is 0 Å². The number of hydrogen-bond acceptors (Lipinski definition) is 4. The Morgan fingerprint density at radius 2 is 1.70 bits per heavy atom. The van der Waals surface area contributed by atoms with Crippen molar-refractivity contribution in [3.05, 3.63) is 71.8 Å². The topological polar surface area (TPSA) is 61.9 Å². The van der Waals surface area contributed by atoms with Gasteiger partial charge in [-0.1, -0.05) is 42.5 Å². The van der Waals surface area contributed by atoms with Gasteiger partial charge in [0.1, 0.15) is 0 Å². The molecule has 2 aromatic rings. The Hall–Kier alpha value is -3.12. The van der Waals surface area contributed by atoms with Crippen molar-refractivity contribution in [2.24, 2.45) is 0 Å². The van der Waals surface area contributed by atoms with Crippen LogP contribution < -0.4 is 5.32 Å². The van der Waals surface area contributed by atoms with E-state index in [-0.39, 0.29) is 12.0 Å². The molecule has 0 bridgehead atoms. The Morgan fingerprint density at radius 1 is 1.00 bits per heavy atom. The van der Waals surface area contributed by atoms with Crippen LogP contribution in [-0.2, 0) is 16.0 Å². The van der Waals surface area contributed by atoms with Gasteiger partial charge in [-0.05, 0) is 42.7 Å². The molecule has 1 aliphatic rings. The number of ether oxygens (including phenoxy) is 1. The summed E-state index contributed by atoms with van der Waals surface area (Å²) in [6, 6.07) is 17.8. The molecule has 30 heavy (non-hydrogen) atoms. The second-order valence-electron chi connectivity index (χ2n) is 7.20. The first-order chi connectivity index (χ1) is 14.6. The van der Waals surface area contributed by atoms with E-state index >= 15 is 0 Å².